The zero-order valence-electron chi connectivity index (χ0n) is 21.0. The number of rotatable bonds is 7. The third-order valence-corrected chi connectivity index (χ3v) is 7.86. The van der Waals surface area contributed by atoms with Gasteiger partial charge in [0.25, 0.3) is 0 Å². The molecule has 8 nitrogen and oxygen atoms in total. The summed E-state index contributed by atoms with van der Waals surface area (Å²) in [6, 6.07) is 5.73. The Hall–Kier alpha value is -2.90. The molecule has 0 aliphatic carbocycles. The normalized spacial score (nSPS) is 21.4. The van der Waals surface area contributed by atoms with E-state index in [9.17, 15) is 9.59 Å². The van der Waals surface area contributed by atoms with Crippen LogP contribution >= 0.6 is 0 Å². The topological polar surface area (TPSA) is 78.9 Å². The van der Waals surface area contributed by atoms with Gasteiger partial charge in [-0.3, -0.25) is 9.59 Å². The predicted octanol–water partition coefficient (Wildman–Crippen LogP) is 3.56. The van der Waals surface area contributed by atoms with Crippen LogP contribution in [0.4, 0.5) is 5.95 Å². The van der Waals surface area contributed by atoms with Crippen molar-refractivity contribution in [1.82, 2.24) is 19.8 Å². The van der Waals surface area contributed by atoms with Gasteiger partial charge in [-0.2, -0.15) is 0 Å². The first kappa shape index (κ1) is 23.8. The minimum Gasteiger partial charge on any atom is -0.494 e. The van der Waals surface area contributed by atoms with E-state index in [1.54, 1.807) is 0 Å². The second-order valence-electron chi connectivity index (χ2n) is 10.1. The molecule has 0 spiro atoms. The molecule has 3 aliphatic heterocycles. The number of ether oxygens (including phenoxy) is 1. The molecule has 8 heteroatoms. The van der Waals surface area contributed by atoms with Crippen molar-refractivity contribution in [2.24, 2.45) is 5.92 Å². The Bertz CT molecular complexity index is 1080. The van der Waals surface area contributed by atoms with E-state index < -0.39 is 0 Å². The van der Waals surface area contributed by atoms with Crippen molar-refractivity contribution < 1.29 is 14.3 Å². The summed E-state index contributed by atoms with van der Waals surface area (Å²) in [5.41, 5.74) is 1.79. The lowest BCUT2D eigenvalue weighted by molar-refractivity contribution is -0.133. The maximum absolute atomic E-state index is 13.5. The van der Waals surface area contributed by atoms with Gasteiger partial charge in [0, 0.05) is 44.5 Å². The number of benzene rings is 1. The van der Waals surface area contributed by atoms with Gasteiger partial charge in [0.15, 0.2) is 0 Å². The van der Waals surface area contributed by atoms with Crippen LogP contribution in [-0.4, -0.2) is 77.0 Å². The number of anilines is 1. The highest BCUT2D eigenvalue weighted by molar-refractivity contribution is 5.87. The summed E-state index contributed by atoms with van der Waals surface area (Å²) in [7, 11) is 0. The van der Waals surface area contributed by atoms with Crippen molar-refractivity contribution >= 4 is 28.7 Å². The van der Waals surface area contributed by atoms with E-state index in [2.05, 4.69) is 4.90 Å². The second-order valence-corrected chi connectivity index (χ2v) is 10.1. The lowest BCUT2D eigenvalue weighted by Gasteiger charge is -2.36. The largest absolute Gasteiger partial charge is 0.494 e. The maximum Gasteiger partial charge on any atom is 0.245 e. The van der Waals surface area contributed by atoms with E-state index in [1.807, 2.05) is 41.8 Å². The molecule has 0 saturated carbocycles. The number of carbonyl (C=O) groups is 2. The number of aryl methyl sites for hydroxylation is 1. The SMILES string of the molecule is CCOc1ccc2nc(N3CCC[C@@H]3C(=O)N3CCC(CCN4CCCC4=O)CC3)nc(C)c2c1. The van der Waals surface area contributed by atoms with Crippen LogP contribution in [0.3, 0.4) is 0 Å². The lowest BCUT2D eigenvalue weighted by Crippen LogP contribution is -2.49. The Morgan fingerprint density at radius 1 is 1.09 bits per heavy atom. The third kappa shape index (κ3) is 5.07. The van der Waals surface area contributed by atoms with E-state index in [-0.39, 0.29) is 11.9 Å². The average molecular weight is 480 g/mol. The zero-order valence-corrected chi connectivity index (χ0v) is 21.0. The summed E-state index contributed by atoms with van der Waals surface area (Å²) < 4.78 is 5.63. The molecule has 1 aromatic heterocycles. The minimum atomic E-state index is -0.187. The number of fused-ring (bicyclic) bond motifs is 1. The Labute approximate surface area is 207 Å². The minimum absolute atomic E-state index is 0.187. The van der Waals surface area contributed by atoms with Crippen LogP contribution in [0.1, 0.15) is 57.6 Å². The molecule has 5 rings (SSSR count). The molecule has 2 amide bonds. The predicted molar refractivity (Wildman–Crippen MR) is 136 cm³/mol. The number of carbonyl (C=O) groups excluding carboxylic acids is 2. The summed E-state index contributed by atoms with van der Waals surface area (Å²) in [6.45, 7) is 8.79. The fourth-order valence-electron chi connectivity index (χ4n) is 5.82. The average Bonchev–Trinajstić information content (AvgIpc) is 3.52. The third-order valence-electron chi connectivity index (χ3n) is 7.86. The Morgan fingerprint density at radius 2 is 1.91 bits per heavy atom. The van der Waals surface area contributed by atoms with Gasteiger partial charge in [0.1, 0.15) is 11.8 Å². The Kier molecular flexibility index (Phi) is 7.07. The van der Waals surface area contributed by atoms with Crippen LogP contribution in [0.15, 0.2) is 18.2 Å². The highest BCUT2D eigenvalue weighted by Gasteiger charge is 2.37. The molecule has 3 saturated heterocycles. The van der Waals surface area contributed by atoms with Crippen LogP contribution in [0, 0.1) is 12.8 Å². The van der Waals surface area contributed by atoms with Crippen molar-refractivity contribution in [3.05, 3.63) is 23.9 Å². The van der Waals surface area contributed by atoms with Crippen molar-refractivity contribution in [3.8, 4) is 5.75 Å². The van der Waals surface area contributed by atoms with Crippen LogP contribution in [-0.2, 0) is 9.59 Å². The molecule has 35 heavy (non-hydrogen) atoms. The van der Waals surface area contributed by atoms with Gasteiger partial charge in [-0.05, 0) is 76.5 Å². The number of hydrogen-bond acceptors (Lipinski definition) is 6. The number of aromatic nitrogens is 2. The first-order chi connectivity index (χ1) is 17.0. The van der Waals surface area contributed by atoms with Crippen LogP contribution in [0.5, 0.6) is 5.75 Å². The molecule has 3 aliphatic rings. The van der Waals surface area contributed by atoms with Gasteiger partial charge in [-0.15, -0.1) is 0 Å². The number of hydrogen-bond donors (Lipinski definition) is 0. The first-order valence-corrected chi connectivity index (χ1v) is 13.3. The van der Waals surface area contributed by atoms with Crippen molar-refractivity contribution in [3.63, 3.8) is 0 Å². The van der Waals surface area contributed by atoms with Gasteiger partial charge in [-0.1, -0.05) is 0 Å². The van der Waals surface area contributed by atoms with E-state index in [0.29, 0.717) is 30.8 Å². The number of piperidine rings is 1. The van der Waals surface area contributed by atoms with Crippen LogP contribution in [0.25, 0.3) is 10.9 Å². The number of amides is 2. The van der Waals surface area contributed by atoms with E-state index >= 15 is 0 Å². The highest BCUT2D eigenvalue weighted by Crippen LogP contribution is 2.30. The molecular weight excluding hydrogens is 442 g/mol. The molecule has 1 atom stereocenters. The molecule has 4 heterocycles. The zero-order chi connectivity index (χ0) is 24.4. The van der Waals surface area contributed by atoms with Crippen LogP contribution < -0.4 is 9.64 Å². The molecule has 2 aromatic rings. The number of likely N-dealkylation sites (tertiary alicyclic amines) is 2. The first-order valence-electron chi connectivity index (χ1n) is 13.3. The maximum atomic E-state index is 13.5. The molecule has 0 bridgehead atoms. The fourth-order valence-corrected chi connectivity index (χ4v) is 5.82. The highest BCUT2D eigenvalue weighted by atomic mass is 16.5. The van der Waals surface area contributed by atoms with Gasteiger partial charge in [0.2, 0.25) is 17.8 Å². The summed E-state index contributed by atoms with van der Waals surface area (Å²) in [6.07, 6.45) is 6.62. The quantitative estimate of drug-likeness (QED) is 0.604. The Morgan fingerprint density at radius 3 is 2.66 bits per heavy atom. The summed E-state index contributed by atoms with van der Waals surface area (Å²) in [5.74, 6) is 2.59. The molecule has 0 N–H and O–H groups in total. The molecular formula is C27H37N5O3. The standard InChI is InChI=1S/C27H37N5O3/c1-3-35-21-8-9-23-22(18-21)19(2)28-27(29-23)32-14-4-6-24(32)26(34)31-16-11-20(12-17-31)10-15-30-13-5-7-25(30)33/h8-9,18,20,24H,3-7,10-17H2,1-2H3/t24-/m1/s1. The molecule has 0 unspecified atom stereocenters. The van der Waals surface area contributed by atoms with E-state index in [1.165, 1.54) is 0 Å². The molecule has 3 fully saturated rings. The number of nitrogens with zero attached hydrogens (tertiary/aromatic N) is 5. The van der Waals surface area contributed by atoms with E-state index in [4.69, 9.17) is 14.7 Å². The second kappa shape index (κ2) is 10.4. The lowest BCUT2D eigenvalue weighted by atomic mass is 9.93. The fraction of sp³-hybridized carbons (Fsp3) is 0.630. The molecule has 0 radical (unpaired) electrons. The van der Waals surface area contributed by atoms with Crippen LogP contribution in [0.2, 0.25) is 0 Å². The molecule has 1 aromatic carbocycles. The summed E-state index contributed by atoms with van der Waals surface area (Å²) in [5, 5.41) is 0.986. The van der Waals surface area contributed by atoms with E-state index in [0.717, 1.165) is 93.6 Å². The van der Waals surface area contributed by atoms with Crippen molar-refractivity contribution in [2.75, 3.05) is 44.2 Å². The smallest absolute Gasteiger partial charge is 0.245 e. The van der Waals surface area contributed by atoms with Gasteiger partial charge in [0.05, 0.1) is 17.8 Å². The summed E-state index contributed by atoms with van der Waals surface area (Å²) in [4.78, 5) is 41.2. The molecule has 188 valence electrons. The summed E-state index contributed by atoms with van der Waals surface area (Å²) >= 11 is 0. The van der Waals surface area contributed by atoms with Gasteiger partial charge < -0.3 is 19.4 Å². The van der Waals surface area contributed by atoms with Gasteiger partial charge >= 0.3 is 0 Å². The Balaban J connectivity index is 1.22. The van der Waals surface area contributed by atoms with Crippen molar-refractivity contribution in [1.29, 1.82) is 0 Å². The van der Waals surface area contributed by atoms with Crippen molar-refractivity contribution in [2.45, 2.75) is 64.8 Å². The van der Waals surface area contributed by atoms with Gasteiger partial charge in [-0.25, -0.2) is 9.97 Å². The monoisotopic (exact) mass is 479 g/mol.